The normalized spacial score (nSPS) is 13.9. The summed E-state index contributed by atoms with van der Waals surface area (Å²) in [7, 11) is 0. The Bertz CT molecular complexity index is 1170. The van der Waals surface area contributed by atoms with Crippen LogP contribution in [0.2, 0.25) is 0 Å². The van der Waals surface area contributed by atoms with Gasteiger partial charge in [0.05, 0.1) is 17.8 Å². The monoisotopic (exact) mass is 484 g/mol. The number of alkyl halides is 3. The van der Waals surface area contributed by atoms with Gasteiger partial charge in [-0.3, -0.25) is 5.01 Å². The number of rotatable bonds is 9. The molecule has 11 heteroatoms. The summed E-state index contributed by atoms with van der Waals surface area (Å²) in [5.41, 5.74) is 7.97. The second kappa shape index (κ2) is 10.9. The fraction of sp³-hybridized carbons (Fsp3) is 0.208. The Kier molecular flexibility index (Phi) is 7.46. The standard InChI is InChI=1S/C24H23F3N6O2/c1-17(30-35-15-19-7-10-21(11-8-19)24(25,26)27)20-9-12-23(28-13-20)34-16-22-29-31-32-33(22)14-18-5-3-2-4-6-18/h2-13,31-32H,14-16H2,1H3/b30-17+. The van der Waals surface area contributed by atoms with E-state index in [1.165, 1.54) is 12.1 Å². The van der Waals surface area contributed by atoms with Crippen molar-refractivity contribution in [2.75, 3.05) is 6.61 Å². The maximum atomic E-state index is 12.6. The van der Waals surface area contributed by atoms with Crippen molar-refractivity contribution in [3.8, 4) is 5.88 Å². The Morgan fingerprint density at radius 2 is 1.74 bits per heavy atom. The molecule has 0 saturated heterocycles. The van der Waals surface area contributed by atoms with Crippen LogP contribution in [0.25, 0.3) is 0 Å². The number of hydrazone groups is 1. The quantitative estimate of drug-likeness (QED) is 0.349. The number of halogens is 3. The summed E-state index contributed by atoms with van der Waals surface area (Å²) in [6.45, 7) is 2.62. The molecule has 2 N–H and O–H groups in total. The topological polar surface area (TPSA) is 83.4 Å². The highest BCUT2D eigenvalue weighted by atomic mass is 19.4. The summed E-state index contributed by atoms with van der Waals surface area (Å²) >= 11 is 0. The van der Waals surface area contributed by atoms with E-state index < -0.39 is 11.7 Å². The largest absolute Gasteiger partial charge is 0.469 e. The molecule has 1 aliphatic heterocycles. The van der Waals surface area contributed by atoms with E-state index in [-0.39, 0.29) is 13.2 Å². The van der Waals surface area contributed by atoms with Gasteiger partial charge in [-0.1, -0.05) is 47.6 Å². The van der Waals surface area contributed by atoms with E-state index in [1.807, 2.05) is 35.3 Å². The third-order valence-electron chi connectivity index (χ3n) is 5.08. The van der Waals surface area contributed by atoms with Crippen LogP contribution in [-0.2, 0) is 24.2 Å². The third-order valence-corrected chi connectivity index (χ3v) is 5.08. The summed E-state index contributed by atoms with van der Waals surface area (Å²) in [6.07, 6.45) is -2.76. The highest BCUT2D eigenvalue weighted by Gasteiger charge is 2.29. The van der Waals surface area contributed by atoms with Gasteiger partial charge in [0.15, 0.2) is 12.4 Å². The number of hydrogen-bond donors (Lipinski definition) is 2. The molecule has 3 aromatic rings. The van der Waals surface area contributed by atoms with E-state index in [9.17, 15) is 13.2 Å². The van der Waals surface area contributed by atoms with Crippen LogP contribution in [-0.4, -0.2) is 28.1 Å². The minimum Gasteiger partial charge on any atom is -0.469 e. The van der Waals surface area contributed by atoms with Gasteiger partial charge in [0.2, 0.25) is 5.88 Å². The van der Waals surface area contributed by atoms with E-state index in [2.05, 4.69) is 26.3 Å². The number of oxime groups is 1. The summed E-state index contributed by atoms with van der Waals surface area (Å²) in [4.78, 5) is 9.57. The lowest BCUT2D eigenvalue weighted by Crippen LogP contribution is -2.42. The molecule has 0 amide bonds. The molecule has 1 aliphatic rings. The van der Waals surface area contributed by atoms with E-state index in [4.69, 9.17) is 9.57 Å². The molecular weight excluding hydrogens is 461 g/mol. The number of aromatic nitrogens is 1. The lowest BCUT2D eigenvalue weighted by Gasteiger charge is -2.19. The Morgan fingerprint density at radius 3 is 2.43 bits per heavy atom. The van der Waals surface area contributed by atoms with Crippen LogP contribution in [0.4, 0.5) is 13.2 Å². The first-order valence-electron chi connectivity index (χ1n) is 10.7. The van der Waals surface area contributed by atoms with Crippen molar-refractivity contribution < 1.29 is 22.7 Å². The highest BCUT2D eigenvalue weighted by Crippen LogP contribution is 2.29. The van der Waals surface area contributed by atoms with Gasteiger partial charge >= 0.3 is 6.18 Å². The number of nitrogens with one attached hydrogen (secondary N) is 2. The first-order chi connectivity index (χ1) is 16.9. The molecule has 0 bridgehead atoms. The van der Waals surface area contributed by atoms with Crippen LogP contribution in [0.15, 0.2) is 83.2 Å². The predicted octanol–water partition coefficient (Wildman–Crippen LogP) is 4.26. The first kappa shape index (κ1) is 24.0. The second-order valence-electron chi connectivity index (χ2n) is 7.64. The zero-order valence-corrected chi connectivity index (χ0v) is 18.8. The maximum Gasteiger partial charge on any atom is 0.416 e. The van der Waals surface area contributed by atoms with Crippen molar-refractivity contribution in [3.63, 3.8) is 0 Å². The third kappa shape index (κ3) is 6.70. The molecule has 0 spiro atoms. The number of hydrazine groups is 2. The van der Waals surface area contributed by atoms with Gasteiger partial charge in [0.25, 0.3) is 0 Å². The maximum absolute atomic E-state index is 12.6. The molecule has 0 saturated carbocycles. The summed E-state index contributed by atoms with van der Waals surface area (Å²) in [5, 5.41) is 10.0. The summed E-state index contributed by atoms with van der Waals surface area (Å²) in [6, 6.07) is 18.2. The number of pyridine rings is 1. The van der Waals surface area contributed by atoms with Crippen LogP contribution in [0.5, 0.6) is 5.88 Å². The fourth-order valence-corrected chi connectivity index (χ4v) is 3.15. The van der Waals surface area contributed by atoms with Crippen molar-refractivity contribution in [1.82, 2.24) is 21.1 Å². The van der Waals surface area contributed by atoms with Crippen LogP contribution >= 0.6 is 0 Å². The number of ether oxygens (including phenoxy) is 1. The Hall–Kier alpha value is -4.12. The average molecular weight is 484 g/mol. The highest BCUT2D eigenvalue weighted by molar-refractivity contribution is 5.98. The zero-order chi connectivity index (χ0) is 24.7. The van der Waals surface area contributed by atoms with Gasteiger partial charge in [0.1, 0.15) is 6.61 Å². The fourth-order valence-electron chi connectivity index (χ4n) is 3.15. The molecule has 4 rings (SSSR count). The van der Waals surface area contributed by atoms with Crippen molar-refractivity contribution >= 4 is 11.5 Å². The number of nitrogens with zero attached hydrogens (tertiary/aromatic N) is 4. The minimum atomic E-state index is -4.36. The number of benzene rings is 2. The van der Waals surface area contributed by atoms with Crippen LogP contribution in [0.1, 0.15) is 29.2 Å². The lowest BCUT2D eigenvalue weighted by molar-refractivity contribution is -0.137. The number of amidine groups is 1. The van der Waals surface area contributed by atoms with Crippen LogP contribution < -0.4 is 15.8 Å². The van der Waals surface area contributed by atoms with Gasteiger partial charge in [-0.15, -0.1) is 10.6 Å². The van der Waals surface area contributed by atoms with Crippen molar-refractivity contribution in [2.24, 2.45) is 10.3 Å². The Balaban J connectivity index is 1.26. The van der Waals surface area contributed by atoms with E-state index in [1.54, 1.807) is 25.3 Å². The molecule has 0 radical (unpaired) electrons. The van der Waals surface area contributed by atoms with Gasteiger partial charge in [-0.25, -0.2) is 10.5 Å². The minimum absolute atomic E-state index is 0.0494. The molecular formula is C24H23F3N6O2. The molecule has 0 aliphatic carbocycles. The van der Waals surface area contributed by atoms with Crippen LogP contribution in [0.3, 0.4) is 0 Å². The first-order valence-corrected chi connectivity index (χ1v) is 10.7. The molecule has 182 valence electrons. The van der Waals surface area contributed by atoms with Crippen molar-refractivity contribution in [3.05, 3.63) is 95.2 Å². The summed E-state index contributed by atoms with van der Waals surface area (Å²) in [5.74, 6) is 1.09. The lowest BCUT2D eigenvalue weighted by atomic mass is 10.1. The Labute approximate surface area is 200 Å². The molecule has 8 nitrogen and oxygen atoms in total. The molecule has 2 heterocycles. The van der Waals surface area contributed by atoms with Crippen molar-refractivity contribution in [1.29, 1.82) is 0 Å². The molecule has 35 heavy (non-hydrogen) atoms. The molecule has 0 unspecified atom stereocenters. The molecule has 0 fully saturated rings. The molecule has 0 atom stereocenters. The van der Waals surface area contributed by atoms with Gasteiger partial charge in [-0.2, -0.15) is 13.2 Å². The predicted molar refractivity (Wildman–Crippen MR) is 124 cm³/mol. The SMILES string of the molecule is C/C(=N\OCc1ccc(C(F)(F)F)cc1)c1ccc(OCC2=NNNN2Cc2ccccc2)nc1. The van der Waals surface area contributed by atoms with Gasteiger partial charge in [0, 0.05) is 17.8 Å². The molecule has 2 aromatic carbocycles. The van der Waals surface area contributed by atoms with Crippen molar-refractivity contribution in [2.45, 2.75) is 26.3 Å². The second-order valence-corrected chi connectivity index (χ2v) is 7.64. The van der Waals surface area contributed by atoms with Crippen LogP contribution in [0, 0.1) is 0 Å². The van der Waals surface area contributed by atoms with Gasteiger partial charge < -0.3 is 9.57 Å². The Morgan fingerprint density at radius 1 is 0.971 bits per heavy atom. The zero-order valence-electron chi connectivity index (χ0n) is 18.8. The average Bonchev–Trinajstić information content (AvgIpc) is 3.30. The van der Waals surface area contributed by atoms with E-state index in [0.717, 1.165) is 23.3 Å². The smallest absolute Gasteiger partial charge is 0.416 e. The van der Waals surface area contributed by atoms with E-state index in [0.29, 0.717) is 29.5 Å². The summed E-state index contributed by atoms with van der Waals surface area (Å²) < 4.78 is 43.7. The van der Waals surface area contributed by atoms with Gasteiger partial charge in [-0.05, 0) is 36.2 Å². The number of hydrogen-bond acceptors (Lipinski definition) is 8. The van der Waals surface area contributed by atoms with E-state index >= 15 is 0 Å². The molecule has 1 aromatic heterocycles.